The first-order chi connectivity index (χ1) is 19.7. The third-order valence-electron chi connectivity index (χ3n) is 6.89. The molecule has 4 aromatic rings. The maximum Gasteiger partial charge on any atom is 0.251 e. The molecular formula is C34H38N2O4S. The van der Waals surface area contributed by atoms with Gasteiger partial charge in [-0.25, -0.2) is 0 Å². The van der Waals surface area contributed by atoms with E-state index in [-0.39, 0.29) is 23.8 Å². The first-order valence-corrected chi connectivity index (χ1v) is 14.6. The van der Waals surface area contributed by atoms with E-state index < -0.39 is 6.10 Å². The second-order valence-corrected chi connectivity index (χ2v) is 11.8. The van der Waals surface area contributed by atoms with E-state index in [0.29, 0.717) is 36.2 Å². The van der Waals surface area contributed by atoms with Crippen LogP contribution in [-0.4, -0.2) is 39.9 Å². The van der Waals surface area contributed by atoms with Crippen LogP contribution in [0.4, 0.5) is 0 Å². The summed E-state index contributed by atoms with van der Waals surface area (Å²) in [7, 11) is 0. The molecular weight excluding hydrogens is 532 g/mol. The molecule has 0 heterocycles. The summed E-state index contributed by atoms with van der Waals surface area (Å²) in [6.07, 6.45) is 0.595. The SMILES string of the molecule is CC(C)(Cc1cccc(C(=O)NCCc2ccccc2Sc2ccccc2)c1)NC[C@H](O)c1ccc(O)c(CO)c1. The minimum Gasteiger partial charge on any atom is -0.508 e. The predicted octanol–water partition coefficient (Wildman–Crippen LogP) is 5.65. The van der Waals surface area contributed by atoms with Gasteiger partial charge in [0, 0.05) is 39.5 Å². The maximum absolute atomic E-state index is 13.0. The average molecular weight is 571 g/mol. The van der Waals surface area contributed by atoms with Crippen molar-refractivity contribution >= 4 is 17.7 Å². The lowest BCUT2D eigenvalue weighted by atomic mass is 9.93. The number of carbonyl (C=O) groups is 1. The van der Waals surface area contributed by atoms with Crippen molar-refractivity contribution in [1.29, 1.82) is 0 Å². The maximum atomic E-state index is 13.0. The Morgan fingerprint density at radius 1 is 0.902 bits per heavy atom. The fraction of sp³-hybridized carbons (Fsp3) is 0.265. The molecule has 0 aliphatic heterocycles. The molecule has 214 valence electrons. The highest BCUT2D eigenvalue weighted by atomic mass is 32.2. The number of hydrogen-bond acceptors (Lipinski definition) is 6. The van der Waals surface area contributed by atoms with Crippen molar-refractivity contribution in [3.8, 4) is 5.75 Å². The largest absolute Gasteiger partial charge is 0.508 e. The van der Waals surface area contributed by atoms with Gasteiger partial charge in [-0.2, -0.15) is 0 Å². The van der Waals surface area contributed by atoms with E-state index in [2.05, 4.69) is 34.9 Å². The number of aliphatic hydroxyl groups excluding tert-OH is 2. The Morgan fingerprint density at radius 2 is 1.66 bits per heavy atom. The lowest BCUT2D eigenvalue weighted by molar-refractivity contribution is 0.0954. The molecule has 41 heavy (non-hydrogen) atoms. The summed E-state index contributed by atoms with van der Waals surface area (Å²) in [5.74, 6) is -0.0965. The number of rotatable bonds is 13. The molecule has 4 rings (SSSR count). The van der Waals surface area contributed by atoms with Gasteiger partial charge in [0.25, 0.3) is 5.91 Å². The van der Waals surface area contributed by atoms with Crippen LogP contribution in [0.15, 0.2) is 107 Å². The van der Waals surface area contributed by atoms with Crippen LogP contribution in [0.2, 0.25) is 0 Å². The van der Waals surface area contributed by atoms with Crippen molar-refractivity contribution in [3.63, 3.8) is 0 Å². The number of aromatic hydroxyl groups is 1. The number of nitrogens with one attached hydrogen (secondary N) is 2. The van der Waals surface area contributed by atoms with E-state index in [9.17, 15) is 20.1 Å². The fourth-order valence-electron chi connectivity index (χ4n) is 4.66. The van der Waals surface area contributed by atoms with Gasteiger partial charge in [0.2, 0.25) is 0 Å². The highest BCUT2D eigenvalue weighted by molar-refractivity contribution is 7.99. The zero-order valence-corrected chi connectivity index (χ0v) is 24.3. The Hall–Kier alpha value is -3.62. The highest BCUT2D eigenvalue weighted by Crippen LogP contribution is 2.30. The molecule has 0 saturated heterocycles. The van der Waals surface area contributed by atoms with Crippen LogP contribution in [0.3, 0.4) is 0 Å². The Bertz CT molecular complexity index is 1440. The average Bonchev–Trinajstić information content (AvgIpc) is 2.97. The minimum absolute atomic E-state index is 0.00698. The van der Waals surface area contributed by atoms with E-state index in [4.69, 9.17) is 0 Å². The van der Waals surface area contributed by atoms with Crippen LogP contribution >= 0.6 is 11.8 Å². The number of amides is 1. The molecule has 0 aromatic heterocycles. The second kappa shape index (κ2) is 14.3. The van der Waals surface area contributed by atoms with Gasteiger partial charge >= 0.3 is 0 Å². The second-order valence-electron chi connectivity index (χ2n) is 10.7. The van der Waals surface area contributed by atoms with E-state index in [0.717, 1.165) is 12.0 Å². The number of aliphatic hydroxyl groups is 2. The molecule has 0 bridgehead atoms. The van der Waals surface area contributed by atoms with Gasteiger partial charge in [0.15, 0.2) is 0 Å². The lowest BCUT2D eigenvalue weighted by Gasteiger charge is -2.28. The van der Waals surface area contributed by atoms with Gasteiger partial charge in [0.05, 0.1) is 12.7 Å². The summed E-state index contributed by atoms with van der Waals surface area (Å²) in [6, 6.07) is 30.9. The molecule has 0 spiro atoms. The minimum atomic E-state index is -0.798. The topological polar surface area (TPSA) is 102 Å². The molecule has 0 aliphatic rings. The first-order valence-electron chi connectivity index (χ1n) is 13.8. The van der Waals surface area contributed by atoms with Gasteiger partial charge in [-0.15, -0.1) is 0 Å². The summed E-state index contributed by atoms with van der Waals surface area (Å²) in [5, 5.41) is 36.3. The van der Waals surface area contributed by atoms with Crippen LogP contribution in [0.25, 0.3) is 0 Å². The Morgan fingerprint density at radius 3 is 2.44 bits per heavy atom. The fourth-order valence-corrected chi connectivity index (χ4v) is 5.66. The van der Waals surface area contributed by atoms with Crippen LogP contribution in [0, 0.1) is 0 Å². The summed E-state index contributed by atoms with van der Waals surface area (Å²) in [5.41, 5.74) is 3.48. The van der Waals surface area contributed by atoms with Crippen molar-refractivity contribution < 1.29 is 20.1 Å². The highest BCUT2D eigenvalue weighted by Gasteiger charge is 2.21. The Labute approximate surface area is 246 Å². The molecule has 7 heteroatoms. The van der Waals surface area contributed by atoms with E-state index in [1.165, 1.54) is 21.4 Å². The number of β-amino-alcohol motifs (C(OH)–C–C–N with tert-alkyl or cyclic N) is 1. The molecule has 0 saturated carbocycles. The Balaban J connectivity index is 1.30. The van der Waals surface area contributed by atoms with Crippen molar-refractivity contribution in [2.45, 2.75) is 54.7 Å². The van der Waals surface area contributed by atoms with Gasteiger partial charge in [0.1, 0.15) is 5.75 Å². The smallest absolute Gasteiger partial charge is 0.251 e. The number of hydrogen-bond donors (Lipinski definition) is 5. The zero-order chi connectivity index (χ0) is 29.2. The van der Waals surface area contributed by atoms with Crippen molar-refractivity contribution in [3.05, 3.63) is 125 Å². The standard InChI is InChI=1S/C34H38N2O4S/c1-34(2,36-22-31(39)26-15-16-30(38)28(20-26)23-37)21-24-9-8-11-27(19-24)33(40)35-18-17-25-10-6-7-14-32(25)41-29-12-4-3-5-13-29/h3-16,19-20,31,36-39H,17-18,21-23H2,1-2H3,(H,35,40)/t31-/m0/s1. The quantitative estimate of drug-likeness (QED) is 0.142. The summed E-state index contributed by atoms with van der Waals surface area (Å²) in [6.45, 7) is 4.64. The molecule has 0 radical (unpaired) electrons. The van der Waals surface area contributed by atoms with Crippen molar-refractivity contribution in [2.24, 2.45) is 0 Å². The van der Waals surface area contributed by atoms with Gasteiger partial charge < -0.3 is 26.0 Å². The van der Waals surface area contributed by atoms with Crippen LogP contribution in [0.5, 0.6) is 5.75 Å². The third-order valence-corrected chi connectivity index (χ3v) is 8.02. The third kappa shape index (κ3) is 8.93. The normalized spacial score (nSPS) is 12.2. The predicted molar refractivity (Wildman–Crippen MR) is 164 cm³/mol. The molecule has 5 N–H and O–H groups in total. The molecule has 4 aromatic carbocycles. The molecule has 1 atom stereocenters. The molecule has 0 fully saturated rings. The van der Waals surface area contributed by atoms with Gasteiger partial charge in [-0.05, 0) is 85.8 Å². The summed E-state index contributed by atoms with van der Waals surface area (Å²) < 4.78 is 0. The van der Waals surface area contributed by atoms with Gasteiger partial charge in [-0.1, -0.05) is 66.4 Å². The number of benzene rings is 4. The Kier molecular flexibility index (Phi) is 10.6. The zero-order valence-electron chi connectivity index (χ0n) is 23.5. The van der Waals surface area contributed by atoms with Crippen LogP contribution in [0.1, 0.15) is 52.6 Å². The van der Waals surface area contributed by atoms with E-state index in [1.54, 1.807) is 23.9 Å². The molecule has 1 amide bonds. The van der Waals surface area contributed by atoms with Gasteiger partial charge in [-0.3, -0.25) is 4.79 Å². The molecule has 0 aliphatic carbocycles. The first kappa shape index (κ1) is 30.3. The van der Waals surface area contributed by atoms with Crippen LogP contribution in [-0.2, 0) is 19.4 Å². The number of carbonyl (C=O) groups excluding carboxylic acids is 1. The number of phenols is 1. The monoisotopic (exact) mass is 570 g/mol. The lowest BCUT2D eigenvalue weighted by Crippen LogP contribution is -2.43. The van der Waals surface area contributed by atoms with Crippen molar-refractivity contribution in [1.82, 2.24) is 10.6 Å². The summed E-state index contributed by atoms with van der Waals surface area (Å²) >= 11 is 1.73. The van der Waals surface area contributed by atoms with Crippen molar-refractivity contribution in [2.75, 3.05) is 13.1 Å². The van der Waals surface area contributed by atoms with E-state index in [1.807, 2.05) is 68.4 Å². The summed E-state index contributed by atoms with van der Waals surface area (Å²) in [4.78, 5) is 15.3. The van der Waals surface area contributed by atoms with Crippen LogP contribution < -0.4 is 10.6 Å². The molecule has 0 unspecified atom stereocenters. The van der Waals surface area contributed by atoms with E-state index >= 15 is 0 Å². The molecule has 6 nitrogen and oxygen atoms in total.